The highest BCUT2D eigenvalue weighted by atomic mass is 16.5. The van der Waals surface area contributed by atoms with Crippen molar-refractivity contribution in [3.8, 4) is 0 Å². The molecule has 5 nitrogen and oxygen atoms in total. The molecule has 1 heterocycles. The van der Waals surface area contributed by atoms with Crippen LogP contribution in [0, 0.1) is 0 Å². The van der Waals surface area contributed by atoms with E-state index < -0.39 is 6.04 Å². The van der Waals surface area contributed by atoms with Gasteiger partial charge >= 0.3 is 12.0 Å². The Morgan fingerprint density at radius 1 is 1.26 bits per heavy atom. The summed E-state index contributed by atoms with van der Waals surface area (Å²) in [5.74, 6) is -0.375. The molecule has 0 bridgehead atoms. The number of nitrogens with one attached hydrogen (secondary N) is 1. The predicted octanol–water partition coefficient (Wildman–Crippen LogP) is 3.39. The fourth-order valence-corrected chi connectivity index (χ4v) is 2.74. The Kier molecular flexibility index (Phi) is 5.79. The summed E-state index contributed by atoms with van der Waals surface area (Å²) in [5.41, 5.74) is 2.06. The largest absolute Gasteiger partial charge is 0.463 e. The van der Waals surface area contributed by atoms with Gasteiger partial charge in [0.15, 0.2) is 0 Å². The van der Waals surface area contributed by atoms with Gasteiger partial charge in [0.25, 0.3) is 0 Å². The van der Waals surface area contributed by atoms with Crippen molar-refractivity contribution < 1.29 is 14.3 Å². The first kappa shape index (κ1) is 17.1. The Balaban J connectivity index is 2.44. The quantitative estimate of drug-likeness (QED) is 0.818. The van der Waals surface area contributed by atoms with Gasteiger partial charge in [0.2, 0.25) is 0 Å². The maximum Gasteiger partial charge on any atom is 0.338 e. The Morgan fingerprint density at radius 2 is 1.96 bits per heavy atom. The number of carbonyl (C=O) groups is 2. The van der Waals surface area contributed by atoms with Crippen molar-refractivity contribution in [2.75, 3.05) is 13.2 Å². The number of allylic oxidation sites excluding steroid dienone is 1. The summed E-state index contributed by atoms with van der Waals surface area (Å²) in [6.45, 7) is 6.57. The number of urea groups is 1. The summed E-state index contributed by atoms with van der Waals surface area (Å²) < 4.78 is 5.22. The van der Waals surface area contributed by atoms with E-state index in [2.05, 4.69) is 12.2 Å². The van der Waals surface area contributed by atoms with Crippen molar-refractivity contribution in [3.63, 3.8) is 0 Å². The number of nitrogens with zero attached hydrogens (tertiary/aromatic N) is 1. The van der Waals surface area contributed by atoms with Crippen molar-refractivity contribution in [1.82, 2.24) is 10.2 Å². The normalized spacial score (nSPS) is 18.0. The second-order valence-electron chi connectivity index (χ2n) is 5.52. The lowest BCUT2D eigenvalue weighted by atomic mass is 9.95. The molecule has 0 aromatic heterocycles. The summed E-state index contributed by atoms with van der Waals surface area (Å²) in [6, 6.07) is 8.85. The summed E-state index contributed by atoms with van der Waals surface area (Å²) in [5, 5.41) is 2.94. The highest BCUT2D eigenvalue weighted by Crippen LogP contribution is 2.31. The van der Waals surface area contributed by atoms with E-state index in [4.69, 9.17) is 4.74 Å². The third kappa shape index (κ3) is 3.73. The number of rotatable bonds is 6. The first-order chi connectivity index (χ1) is 11.1. The molecule has 2 rings (SSSR count). The Labute approximate surface area is 137 Å². The van der Waals surface area contributed by atoms with E-state index in [0.29, 0.717) is 24.4 Å². The predicted molar refractivity (Wildman–Crippen MR) is 88.7 cm³/mol. The number of ether oxygens (including phenoxy) is 1. The average Bonchev–Trinajstić information content (AvgIpc) is 2.55. The van der Waals surface area contributed by atoms with Crippen molar-refractivity contribution >= 4 is 12.0 Å². The molecule has 0 saturated heterocycles. The first-order valence-electron chi connectivity index (χ1n) is 8.11. The molecule has 0 radical (unpaired) electrons. The highest BCUT2D eigenvalue weighted by molar-refractivity contribution is 5.95. The monoisotopic (exact) mass is 316 g/mol. The van der Waals surface area contributed by atoms with Crippen LogP contribution >= 0.6 is 0 Å². The van der Waals surface area contributed by atoms with E-state index >= 15 is 0 Å². The van der Waals surface area contributed by atoms with Gasteiger partial charge in [-0.15, -0.1) is 0 Å². The van der Waals surface area contributed by atoms with Crippen LogP contribution in [0.5, 0.6) is 0 Å². The van der Waals surface area contributed by atoms with E-state index in [9.17, 15) is 9.59 Å². The molecule has 1 aliphatic heterocycles. The molecule has 1 aliphatic rings. The summed E-state index contributed by atoms with van der Waals surface area (Å²) in [4.78, 5) is 26.5. The Morgan fingerprint density at radius 3 is 2.57 bits per heavy atom. The zero-order valence-electron chi connectivity index (χ0n) is 14.0. The number of hydrogen-bond acceptors (Lipinski definition) is 3. The minimum Gasteiger partial charge on any atom is -0.463 e. The second-order valence-corrected chi connectivity index (χ2v) is 5.52. The fourth-order valence-electron chi connectivity index (χ4n) is 2.74. The second kappa shape index (κ2) is 7.81. The van der Waals surface area contributed by atoms with Crippen molar-refractivity contribution in [3.05, 3.63) is 47.2 Å². The topological polar surface area (TPSA) is 58.6 Å². The number of unbranched alkanes of at least 4 members (excludes halogenated alkanes) is 1. The van der Waals surface area contributed by atoms with Crippen molar-refractivity contribution in [2.45, 2.75) is 39.7 Å². The SMILES string of the molecule is CCCCN1C(=O)N[C@H](c2ccccc2)C(C(=O)OCC)=C1C. The molecule has 23 heavy (non-hydrogen) atoms. The number of amides is 2. The van der Waals surface area contributed by atoms with Gasteiger partial charge in [-0.25, -0.2) is 9.59 Å². The van der Waals surface area contributed by atoms with Gasteiger partial charge in [0.1, 0.15) is 0 Å². The van der Waals surface area contributed by atoms with Gasteiger partial charge in [-0.05, 0) is 25.8 Å². The number of benzene rings is 1. The number of hydrogen-bond donors (Lipinski definition) is 1. The van der Waals surface area contributed by atoms with Crippen LogP contribution in [-0.2, 0) is 9.53 Å². The molecule has 1 atom stereocenters. The minimum atomic E-state index is -0.472. The molecule has 1 aromatic rings. The molecule has 2 amide bonds. The Bertz CT molecular complexity index is 596. The van der Waals surface area contributed by atoms with Gasteiger partial charge in [-0.2, -0.15) is 0 Å². The molecule has 5 heteroatoms. The zero-order chi connectivity index (χ0) is 16.8. The van der Waals surface area contributed by atoms with Crippen LogP contribution in [0.25, 0.3) is 0 Å². The van der Waals surface area contributed by atoms with Crippen LogP contribution in [0.1, 0.15) is 45.2 Å². The molecule has 0 fully saturated rings. The molecule has 0 spiro atoms. The standard InChI is InChI=1S/C18H24N2O3/c1-4-6-12-20-13(3)15(17(21)23-5-2)16(19-18(20)22)14-10-8-7-9-11-14/h7-11,16H,4-6,12H2,1-3H3,(H,19,22)/t16-/m1/s1. The summed E-state index contributed by atoms with van der Waals surface area (Å²) in [7, 11) is 0. The highest BCUT2D eigenvalue weighted by Gasteiger charge is 2.35. The van der Waals surface area contributed by atoms with E-state index in [1.807, 2.05) is 37.3 Å². The molecule has 1 aromatic carbocycles. The molecule has 0 saturated carbocycles. The van der Waals surface area contributed by atoms with E-state index in [1.165, 1.54) is 0 Å². The molecule has 1 N–H and O–H groups in total. The smallest absolute Gasteiger partial charge is 0.338 e. The van der Waals surface area contributed by atoms with Gasteiger partial charge in [0, 0.05) is 12.2 Å². The van der Waals surface area contributed by atoms with Crippen LogP contribution in [0.4, 0.5) is 4.79 Å². The molecule has 0 unspecified atom stereocenters. The van der Waals surface area contributed by atoms with Crippen LogP contribution in [0.15, 0.2) is 41.6 Å². The van der Waals surface area contributed by atoms with Crippen LogP contribution in [-0.4, -0.2) is 30.1 Å². The third-order valence-electron chi connectivity index (χ3n) is 3.96. The molecular formula is C18H24N2O3. The van der Waals surface area contributed by atoms with Crippen molar-refractivity contribution in [2.24, 2.45) is 0 Å². The summed E-state index contributed by atoms with van der Waals surface area (Å²) in [6.07, 6.45) is 1.87. The van der Waals surface area contributed by atoms with Crippen molar-refractivity contribution in [1.29, 1.82) is 0 Å². The molecular weight excluding hydrogens is 292 g/mol. The maximum absolute atomic E-state index is 12.5. The first-order valence-corrected chi connectivity index (χ1v) is 8.11. The molecule has 0 aliphatic carbocycles. The van der Waals surface area contributed by atoms with Crippen LogP contribution < -0.4 is 5.32 Å². The van der Waals surface area contributed by atoms with Crippen LogP contribution in [0.2, 0.25) is 0 Å². The number of carbonyl (C=O) groups excluding carboxylic acids is 2. The fraction of sp³-hybridized carbons (Fsp3) is 0.444. The van der Waals surface area contributed by atoms with Gasteiger partial charge in [-0.3, -0.25) is 4.90 Å². The van der Waals surface area contributed by atoms with Gasteiger partial charge in [0.05, 0.1) is 18.2 Å². The third-order valence-corrected chi connectivity index (χ3v) is 3.96. The molecule has 124 valence electrons. The van der Waals surface area contributed by atoms with E-state index in [1.54, 1.807) is 11.8 Å². The minimum absolute atomic E-state index is 0.169. The lowest BCUT2D eigenvalue weighted by molar-refractivity contribution is -0.139. The average molecular weight is 316 g/mol. The number of esters is 1. The van der Waals surface area contributed by atoms with Crippen LogP contribution in [0.3, 0.4) is 0 Å². The Hall–Kier alpha value is -2.30. The lowest BCUT2D eigenvalue weighted by Crippen LogP contribution is -2.48. The van der Waals surface area contributed by atoms with Gasteiger partial charge < -0.3 is 10.1 Å². The van der Waals surface area contributed by atoms with E-state index in [-0.39, 0.29) is 12.0 Å². The maximum atomic E-state index is 12.5. The van der Waals surface area contributed by atoms with E-state index in [0.717, 1.165) is 18.4 Å². The lowest BCUT2D eigenvalue weighted by Gasteiger charge is -2.35. The summed E-state index contributed by atoms with van der Waals surface area (Å²) >= 11 is 0. The zero-order valence-corrected chi connectivity index (χ0v) is 14.0. The van der Waals surface area contributed by atoms with Gasteiger partial charge in [-0.1, -0.05) is 43.7 Å².